The molecule has 1 heterocycles. The first-order valence-corrected chi connectivity index (χ1v) is 7.58. The second-order valence-electron chi connectivity index (χ2n) is 4.85. The van der Waals surface area contributed by atoms with Crippen LogP contribution in [0.25, 0.3) is 0 Å². The van der Waals surface area contributed by atoms with Crippen molar-refractivity contribution in [2.75, 3.05) is 13.2 Å². The number of imide groups is 1. The lowest BCUT2D eigenvalue weighted by Gasteiger charge is -2.08. The molecule has 1 aromatic carbocycles. The number of amides is 3. The van der Waals surface area contributed by atoms with Gasteiger partial charge in [-0.05, 0) is 37.3 Å². The quantitative estimate of drug-likeness (QED) is 0.741. The van der Waals surface area contributed by atoms with Gasteiger partial charge in [-0.25, -0.2) is 9.59 Å². The smallest absolute Gasteiger partial charge is 0.338 e. The fraction of sp³-hybridized carbons (Fsp3) is 0.235. The Balaban J connectivity index is 1.76. The number of hydrogen-bond acceptors (Lipinski definition) is 6. The van der Waals surface area contributed by atoms with Gasteiger partial charge in [-0.15, -0.1) is 0 Å². The van der Waals surface area contributed by atoms with E-state index in [1.165, 1.54) is 12.3 Å². The molecule has 0 unspecified atom stereocenters. The Morgan fingerprint density at radius 3 is 2.72 bits per heavy atom. The molecule has 0 aliphatic heterocycles. The molecule has 8 heteroatoms. The number of rotatable bonds is 7. The Kier molecular flexibility index (Phi) is 6.58. The Hall–Kier alpha value is -3.29. The van der Waals surface area contributed by atoms with Gasteiger partial charge in [0, 0.05) is 0 Å². The van der Waals surface area contributed by atoms with Crippen molar-refractivity contribution in [3.8, 4) is 5.75 Å². The highest BCUT2D eigenvalue weighted by Crippen LogP contribution is 2.14. The van der Waals surface area contributed by atoms with Crippen molar-refractivity contribution >= 4 is 17.9 Å². The zero-order valence-corrected chi connectivity index (χ0v) is 13.6. The maximum Gasteiger partial charge on any atom is 0.338 e. The number of furan rings is 1. The standard InChI is InChI=1S/C17H18N2O6/c1-2-23-16(21)12-5-3-6-13(9-12)25-11-15(20)19-17(22)18-10-14-7-4-8-24-14/h3-9H,2,10-11H2,1H3,(H2,18,19,20,22). The number of carbonyl (C=O) groups is 3. The highest BCUT2D eigenvalue weighted by molar-refractivity contribution is 5.95. The number of hydrogen-bond donors (Lipinski definition) is 2. The molecule has 2 aromatic rings. The highest BCUT2D eigenvalue weighted by atomic mass is 16.5. The lowest BCUT2D eigenvalue weighted by molar-refractivity contribution is -0.122. The van der Waals surface area contributed by atoms with Gasteiger partial charge in [-0.1, -0.05) is 6.07 Å². The summed E-state index contributed by atoms with van der Waals surface area (Å²) in [5.41, 5.74) is 0.316. The van der Waals surface area contributed by atoms with Crippen molar-refractivity contribution < 1.29 is 28.3 Å². The summed E-state index contributed by atoms with van der Waals surface area (Å²) in [6, 6.07) is 8.96. The summed E-state index contributed by atoms with van der Waals surface area (Å²) < 4.78 is 15.2. The largest absolute Gasteiger partial charge is 0.484 e. The van der Waals surface area contributed by atoms with Crippen molar-refractivity contribution in [3.05, 3.63) is 54.0 Å². The van der Waals surface area contributed by atoms with Gasteiger partial charge in [0.05, 0.1) is 25.0 Å². The monoisotopic (exact) mass is 346 g/mol. The Morgan fingerprint density at radius 2 is 2.00 bits per heavy atom. The molecule has 0 radical (unpaired) electrons. The Morgan fingerprint density at radius 1 is 1.16 bits per heavy atom. The molecule has 0 aliphatic carbocycles. The van der Waals surface area contributed by atoms with E-state index in [4.69, 9.17) is 13.9 Å². The van der Waals surface area contributed by atoms with Crippen molar-refractivity contribution in [2.45, 2.75) is 13.5 Å². The molecule has 8 nitrogen and oxygen atoms in total. The van der Waals surface area contributed by atoms with E-state index in [9.17, 15) is 14.4 Å². The van der Waals surface area contributed by atoms with Crippen LogP contribution < -0.4 is 15.4 Å². The number of ether oxygens (including phenoxy) is 2. The van der Waals surface area contributed by atoms with Gasteiger partial charge in [0.15, 0.2) is 6.61 Å². The number of nitrogens with one attached hydrogen (secondary N) is 2. The molecule has 0 aliphatic rings. The van der Waals surface area contributed by atoms with Gasteiger partial charge in [0.2, 0.25) is 0 Å². The second-order valence-corrected chi connectivity index (χ2v) is 4.85. The lowest BCUT2D eigenvalue weighted by atomic mass is 10.2. The van der Waals surface area contributed by atoms with Gasteiger partial charge in [0.1, 0.15) is 11.5 Å². The van der Waals surface area contributed by atoms with Gasteiger partial charge < -0.3 is 19.2 Å². The maximum atomic E-state index is 11.7. The minimum atomic E-state index is -0.662. The van der Waals surface area contributed by atoms with Crippen LogP contribution in [0, 0.1) is 0 Å². The molecule has 25 heavy (non-hydrogen) atoms. The molecular weight excluding hydrogens is 328 g/mol. The third-order valence-corrected chi connectivity index (χ3v) is 2.97. The van der Waals surface area contributed by atoms with Crippen LogP contribution in [0.3, 0.4) is 0 Å². The first-order chi connectivity index (χ1) is 12.1. The molecule has 2 rings (SSSR count). The van der Waals surface area contributed by atoms with E-state index in [1.54, 1.807) is 37.3 Å². The van der Waals surface area contributed by atoms with E-state index in [-0.39, 0.29) is 19.8 Å². The van der Waals surface area contributed by atoms with E-state index < -0.39 is 17.9 Å². The van der Waals surface area contributed by atoms with Crippen molar-refractivity contribution in [1.29, 1.82) is 0 Å². The summed E-state index contributed by atoms with van der Waals surface area (Å²) in [5, 5.41) is 4.59. The average molecular weight is 346 g/mol. The maximum absolute atomic E-state index is 11.7. The van der Waals surface area contributed by atoms with Crippen molar-refractivity contribution in [2.24, 2.45) is 0 Å². The Bertz CT molecular complexity index is 726. The van der Waals surface area contributed by atoms with Gasteiger partial charge in [0.25, 0.3) is 5.91 Å². The summed E-state index contributed by atoms with van der Waals surface area (Å²) >= 11 is 0. The van der Waals surface area contributed by atoms with Crippen LogP contribution in [-0.4, -0.2) is 31.1 Å². The summed E-state index contributed by atoms with van der Waals surface area (Å²) in [5.74, 6) is -0.223. The molecule has 0 bridgehead atoms. The van der Waals surface area contributed by atoms with E-state index in [2.05, 4.69) is 10.6 Å². The van der Waals surface area contributed by atoms with Crippen LogP contribution in [0.1, 0.15) is 23.0 Å². The average Bonchev–Trinajstić information content (AvgIpc) is 3.12. The molecule has 0 atom stereocenters. The van der Waals surface area contributed by atoms with E-state index in [0.717, 1.165) is 0 Å². The number of benzene rings is 1. The van der Waals surface area contributed by atoms with Gasteiger partial charge in [-0.2, -0.15) is 0 Å². The number of esters is 1. The fourth-order valence-electron chi connectivity index (χ4n) is 1.86. The third-order valence-electron chi connectivity index (χ3n) is 2.97. The van der Waals surface area contributed by atoms with E-state index >= 15 is 0 Å². The summed E-state index contributed by atoms with van der Waals surface area (Å²) in [4.78, 5) is 34.9. The highest BCUT2D eigenvalue weighted by Gasteiger charge is 2.11. The topological polar surface area (TPSA) is 107 Å². The predicted octanol–water partition coefficient (Wildman–Crippen LogP) is 1.86. The van der Waals surface area contributed by atoms with Crippen LogP contribution in [-0.2, 0) is 16.1 Å². The minimum Gasteiger partial charge on any atom is -0.484 e. The molecular formula is C17H18N2O6. The van der Waals surface area contributed by atoms with E-state index in [1.807, 2.05) is 0 Å². The summed E-state index contributed by atoms with van der Waals surface area (Å²) in [7, 11) is 0. The second kappa shape index (κ2) is 9.11. The predicted molar refractivity (Wildman–Crippen MR) is 87.0 cm³/mol. The van der Waals surface area contributed by atoms with Crippen LogP contribution >= 0.6 is 0 Å². The molecule has 3 amide bonds. The van der Waals surface area contributed by atoms with Gasteiger partial charge >= 0.3 is 12.0 Å². The van der Waals surface area contributed by atoms with E-state index in [0.29, 0.717) is 17.1 Å². The molecule has 2 N–H and O–H groups in total. The first-order valence-electron chi connectivity index (χ1n) is 7.58. The van der Waals surface area contributed by atoms with Crippen LogP contribution in [0.5, 0.6) is 5.75 Å². The van der Waals surface area contributed by atoms with Crippen LogP contribution in [0.15, 0.2) is 47.1 Å². The summed E-state index contributed by atoms with van der Waals surface area (Å²) in [6.45, 7) is 1.76. The molecule has 0 spiro atoms. The summed E-state index contributed by atoms with van der Waals surface area (Å²) in [6.07, 6.45) is 1.48. The fourth-order valence-corrected chi connectivity index (χ4v) is 1.86. The van der Waals surface area contributed by atoms with Crippen LogP contribution in [0.2, 0.25) is 0 Å². The molecule has 0 saturated carbocycles. The zero-order chi connectivity index (χ0) is 18.1. The zero-order valence-electron chi connectivity index (χ0n) is 13.6. The molecule has 1 aromatic heterocycles. The van der Waals surface area contributed by atoms with Gasteiger partial charge in [-0.3, -0.25) is 10.1 Å². The Labute approximate surface area is 144 Å². The normalized spacial score (nSPS) is 9.96. The van der Waals surface area contributed by atoms with Crippen molar-refractivity contribution in [1.82, 2.24) is 10.6 Å². The number of urea groups is 1. The number of carbonyl (C=O) groups excluding carboxylic acids is 3. The SMILES string of the molecule is CCOC(=O)c1cccc(OCC(=O)NC(=O)NCc2ccco2)c1. The molecule has 0 saturated heterocycles. The molecule has 0 fully saturated rings. The third kappa shape index (κ3) is 6.02. The molecule has 132 valence electrons. The first kappa shape index (κ1) is 18.1. The lowest BCUT2D eigenvalue weighted by Crippen LogP contribution is -2.41. The van der Waals surface area contributed by atoms with Crippen molar-refractivity contribution in [3.63, 3.8) is 0 Å². The van der Waals surface area contributed by atoms with Crippen LogP contribution in [0.4, 0.5) is 4.79 Å². The minimum absolute atomic E-state index is 0.161.